The number of halogens is 1. The molecule has 0 amide bonds. The van der Waals surface area contributed by atoms with Crippen LogP contribution in [-0.2, 0) is 6.54 Å². The van der Waals surface area contributed by atoms with Crippen LogP contribution in [0.4, 0.5) is 0 Å². The van der Waals surface area contributed by atoms with Gasteiger partial charge in [0.25, 0.3) is 0 Å². The highest BCUT2D eigenvalue weighted by Gasteiger charge is 2.14. The van der Waals surface area contributed by atoms with E-state index in [1.165, 1.54) is 12.8 Å². The van der Waals surface area contributed by atoms with Gasteiger partial charge in [-0.3, -0.25) is 4.90 Å². The van der Waals surface area contributed by atoms with Gasteiger partial charge in [-0.25, -0.2) is 0 Å². The van der Waals surface area contributed by atoms with E-state index in [1.807, 2.05) is 6.07 Å². The molecule has 1 aromatic rings. The third-order valence-corrected chi connectivity index (χ3v) is 3.66. The highest BCUT2D eigenvalue weighted by molar-refractivity contribution is 6.30. The Bertz CT molecular complexity index is 368. The third kappa shape index (κ3) is 4.51. The maximum absolute atomic E-state index is 9.88. The van der Waals surface area contributed by atoms with Crippen LogP contribution in [-0.4, -0.2) is 22.6 Å². The van der Waals surface area contributed by atoms with Crippen molar-refractivity contribution in [2.75, 3.05) is 6.54 Å². The first-order valence-corrected chi connectivity index (χ1v) is 7.17. The summed E-state index contributed by atoms with van der Waals surface area (Å²) in [6.45, 7) is 8.46. The number of hydrogen-bond donors (Lipinski definition) is 1. The number of benzene rings is 1. The standard InChI is InChI=1S/C15H24ClNO/c1-4-6-9-17(12(3)5-2)11-13-10-14(16)7-8-15(13)18/h7-8,10,12,18H,4-6,9,11H2,1-3H3. The van der Waals surface area contributed by atoms with Gasteiger partial charge in [0, 0.05) is 23.2 Å². The number of phenolic OH excluding ortho intramolecular Hbond substituents is 1. The second kappa shape index (κ2) is 7.65. The summed E-state index contributed by atoms with van der Waals surface area (Å²) in [4.78, 5) is 2.41. The van der Waals surface area contributed by atoms with E-state index in [9.17, 15) is 5.11 Å². The summed E-state index contributed by atoms with van der Waals surface area (Å²) >= 11 is 5.99. The van der Waals surface area contributed by atoms with Crippen LogP contribution < -0.4 is 0 Å². The molecule has 1 unspecified atom stereocenters. The van der Waals surface area contributed by atoms with Crippen molar-refractivity contribution >= 4 is 11.6 Å². The molecule has 18 heavy (non-hydrogen) atoms. The summed E-state index contributed by atoms with van der Waals surface area (Å²) in [6.07, 6.45) is 3.49. The van der Waals surface area contributed by atoms with Crippen molar-refractivity contribution in [3.63, 3.8) is 0 Å². The maximum atomic E-state index is 9.88. The fourth-order valence-corrected chi connectivity index (χ4v) is 2.17. The van der Waals surface area contributed by atoms with Crippen molar-refractivity contribution in [2.24, 2.45) is 0 Å². The molecule has 0 heterocycles. The Hall–Kier alpha value is -0.730. The van der Waals surface area contributed by atoms with Crippen LogP contribution in [0, 0.1) is 0 Å². The minimum absolute atomic E-state index is 0.337. The van der Waals surface area contributed by atoms with Crippen LogP contribution in [0.2, 0.25) is 5.02 Å². The van der Waals surface area contributed by atoms with Crippen LogP contribution in [0.25, 0.3) is 0 Å². The SMILES string of the molecule is CCCCN(Cc1cc(Cl)ccc1O)C(C)CC. The summed E-state index contributed by atoms with van der Waals surface area (Å²) in [5, 5.41) is 10.6. The molecule has 1 atom stereocenters. The summed E-state index contributed by atoms with van der Waals surface area (Å²) in [6, 6.07) is 5.78. The lowest BCUT2D eigenvalue weighted by atomic mass is 10.1. The van der Waals surface area contributed by atoms with Gasteiger partial charge in [-0.2, -0.15) is 0 Å². The fourth-order valence-electron chi connectivity index (χ4n) is 1.97. The van der Waals surface area contributed by atoms with Gasteiger partial charge in [-0.05, 0) is 44.5 Å². The van der Waals surface area contributed by atoms with Crippen LogP contribution in [0.1, 0.15) is 45.6 Å². The number of rotatable bonds is 7. The van der Waals surface area contributed by atoms with E-state index < -0.39 is 0 Å². The van der Waals surface area contributed by atoms with Crippen molar-refractivity contribution in [3.8, 4) is 5.75 Å². The molecule has 0 aliphatic heterocycles. The second-order valence-electron chi connectivity index (χ2n) is 4.85. The lowest BCUT2D eigenvalue weighted by Gasteiger charge is -2.28. The van der Waals surface area contributed by atoms with E-state index >= 15 is 0 Å². The first-order chi connectivity index (χ1) is 8.58. The van der Waals surface area contributed by atoms with Gasteiger partial charge in [0.05, 0.1) is 0 Å². The topological polar surface area (TPSA) is 23.5 Å². The normalized spacial score (nSPS) is 12.9. The van der Waals surface area contributed by atoms with Gasteiger partial charge in [0.2, 0.25) is 0 Å². The molecule has 1 N–H and O–H groups in total. The zero-order valence-corrected chi connectivity index (χ0v) is 12.4. The summed E-state index contributed by atoms with van der Waals surface area (Å²) in [7, 11) is 0. The average molecular weight is 270 g/mol. The molecule has 0 fully saturated rings. The molecule has 0 radical (unpaired) electrons. The van der Waals surface area contributed by atoms with Crippen molar-refractivity contribution < 1.29 is 5.11 Å². The monoisotopic (exact) mass is 269 g/mol. The number of hydrogen-bond acceptors (Lipinski definition) is 2. The summed E-state index contributed by atoms with van der Waals surface area (Å²) in [5.74, 6) is 0.337. The molecular formula is C15H24ClNO. The predicted molar refractivity (Wildman–Crippen MR) is 78.2 cm³/mol. The Balaban J connectivity index is 2.77. The molecule has 0 aliphatic rings. The molecule has 0 spiro atoms. The lowest BCUT2D eigenvalue weighted by molar-refractivity contribution is 0.190. The quantitative estimate of drug-likeness (QED) is 0.791. The molecule has 0 saturated carbocycles. The van der Waals surface area contributed by atoms with Gasteiger partial charge >= 0.3 is 0 Å². The Morgan fingerprint density at radius 1 is 1.33 bits per heavy atom. The fraction of sp³-hybridized carbons (Fsp3) is 0.600. The zero-order valence-electron chi connectivity index (χ0n) is 11.6. The Morgan fingerprint density at radius 2 is 2.06 bits per heavy atom. The van der Waals surface area contributed by atoms with Crippen LogP contribution >= 0.6 is 11.6 Å². The lowest BCUT2D eigenvalue weighted by Crippen LogP contribution is -2.33. The van der Waals surface area contributed by atoms with Gasteiger partial charge < -0.3 is 5.11 Å². The van der Waals surface area contributed by atoms with E-state index in [2.05, 4.69) is 25.7 Å². The molecule has 102 valence electrons. The molecule has 0 saturated heterocycles. The summed E-state index contributed by atoms with van der Waals surface area (Å²) in [5.41, 5.74) is 0.916. The van der Waals surface area contributed by atoms with Crippen molar-refractivity contribution in [3.05, 3.63) is 28.8 Å². The minimum atomic E-state index is 0.337. The highest BCUT2D eigenvalue weighted by atomic mass is 35.5. The van der Waals surface area contributed by atoms with E-state index in [1.54, 1.807) is 12.1 Å². The third-order valence-electron chi connectivity index (χ3n) is 3.43. The minimum Gasteiger partial charge on any atom is -0.508 e. The van der Waals surface area contributed by atoms with Gasteiger partial charge in [0.15, 0.2) is 0 Å². The first kappa shape index (κ1) is 15.3. The Morgan fingerprint density at radius 3 is 2.67 bits per heavy atom. The number of aromatic hydroxyl groups is 1. The van der Waals surface area contributed by atoms with Crippen molar-refractivity contribution in [1.29, 1.82) is 0 Å². The van der Waals surface area contributed by atoms with Gasteiger partial charge in [-0.1, -0.05) is 31.9 Å². The van der Waals surface area contributed by atoms with Gasteiger partial charge in [-0.15, -0.1) is 0 Å². The largest absolute Gasteiger partial charge is 0.508 e. The van der Waals surface area contributed by atoms with E-state index in [-0.39, 0.29) is 0 Å². The second-order valence-corrected chi connectivity index (χ2v) is 5.29. The molecule has 1 rings (SSSR count). The van der Waals surface area contributed by atoms with Crippen molar-refractivity contribution in [1.82, 2.24) is 4.90 Å². The molecule has 0 aromatic heterocycles. The molecule has 3 heteroatoms. The molecular weight excluding hydrogens is 246 g/mol. The van der Waals surface area contributed by atoms with Crippen LogP contribution in [0.5, 0.6) is 5.75 Å². The van der Waals surface area contributed by atoms with Crippen LogP contribution in [0.3, 0.4) is 0 Å². The van der Waals surface area contributed by atoms with Gasteiger partial charge in [0.1, 0.15) is 5.75 Å². The Labute approximate surface area is 116 Å². The smallest absolute Gasteiger partial charge is 0.120 e. The number of phenols is 1. The highest BCUT2D eigenvalue weighted by Crippen LogP contribution is 2.24. The molecule has 2 nitrogen and oxygen atoms in total. The molecule has 0 bridgehead atoms. The number of unbranched alkanes of at least 4 members (excludes halogenated alkanes) is 1. The maximum Gasteiger partial charge on any atom is 0.120 e. The predicted octanol–water partition coefficient (Wildman–Crippen LogP) is 4.45. The van der Waals surface area contributed by atoms with E-state index in [0.29, 0.717) is 16.8 Å². The first-order valence-electron chi connectivity index (χ1n) is 6.79. The van der Waals surface area contributed by atoms with E-state index in [0.717, 1.165) is 25.1 Å². The number of nitrogens with zero attached hydrogens (tertiary/aromatic N) is 1. The Kier molecular flexibility index (Phi) is 6.51. The molecule has 0 aliphatic carbocycles. The van der Waals surface area contributed by atoms with Crippen LogP contribution in [0.15, 0.2) is 18.2 Å². The zero-order chi connectivity index (χ0) is 13.5. The van der Waals surface area contributed by atoms with Crippen molar-refractivity contribution in [2.45, 2.75) is 52.6 Å². The summed E-state index contributed by atoms with van der Waals surface area (Å²) < 4.78 is 0. The van der Waals surface area contributed by atoms with E-state index in [4.69, 9.17) is 11.6 Å². The average Bonchev–Trinajstić information content (AvgIpc) is 2.37. The molecule has 1 aromatic carbocycles.